The number of carbonyl (C=O) groups is 1. The molecule has 126 valence electrons. The Labute approximate surface area is 139 Å². The highest BCUT2D eigenvalue weighted by molar-refractivity contribution is 5.76. The van der Waals surface area contributed by atoms with Gasteiger partial charge in [0.15, 0.2) is 0 Å². The number of cyclic esters (lactones) is 1. The molecule has 3 heteroatoms. The van der Waals surface area contributed by atoms with Crippen LogP contribution >= 0.6 is 0 Å². The van der Waals surface area contributed by atoms with Crippen molar-refractivity contribution in [3.8, 4) is 0 Å². The molecule has 0 aromatic rings. The molecule has 0 bridgehead atoms. The Morgan fingerprint density at radius 1 is 1.00 bits per heavy atom. The minimum absolute atomic E-state index is 0.0400. The Balaban J connectivity index is 1.66. The summed E-state index contributed by atoms with van der Waals surface area (Å²) in [4.78, 5) is 11.7. The molecule has 2 fully saturated rings. The van der Waals surface area contributed by atoms with Crippen LogP contribution in [0.3, 0.4) is 0 Å². The number of ether oxygens (including phenoxy) is 1. The highest BCUT2D eigenvalue weighted by Crippen LogP contribution is 2.42. The van der Waals surface area contributed by atoms with Gasteiger partial charge in [-0.15, -0.1) is 0 Å². The first kappa shape index (κ1) is 17.7. The molecule has 1 N–H and O–H groups in total. The summed E-state index contributed by atoms with van der Waals surface area (Å²) in [6, 6.07) is 0. The molecular formula is C20H28O3. The number of carbonyl (C=O) groups excluding carboxylic acids is 1. The quantitative estimate of drug-likeness (QED) is 0.541. The molecule has 23 heavy (non-hydrogen) atoms. The van der Waals surface area contributed by atoms with Gasteiger partial charge >= 0.3 is 5.97 Å². The first-order valence-corrected chi connectivity index (χ1v) is 8.74. The van der Waals surface area contributed by atoms with Gasteiger partial charge in [0.1, 0.15) is 6.10 Å². The molecule has 0 amide bonds. The van der Waals surface area contributed by atoms with Crippen LogP contribution in [-0.2, 0) is 9.53 Å². The lowest BCUT2D eigenvalue weighted by atomic mass is 9.92. The summed E-state index contributed by atoms with van der Waals surface area (Å²) in [6.07, 6.45) is 21.6. The maximum atomic E-state index is 11.7. The molecule has 4 atom stereocenters. The lowest BCUT2D eigenvalue weighted by Crippen LogP contribution is -2.25. The van der Waals surface area contributed by atoms with Crippen molar-refractivity contribution in [2.75, 3.05) is 0 Å². The van der Waals surface area contributed by atoms with Gasteiger partial charge in [-0.3, -0.25) is 4.79 Å². The van der Waals surface area contributed by atoms with Crippen LogP contribution in [0.25, 0.3) is 0 Å². The molecule has 0 spiro atoms. The van der Waals surface area contributed by atoms with Crippen molar-refractivity contribution in [1.82, 2.24) is 0 Å². The van der Waals surface area contributed by atoms with Crippen LogP contribution in [0.5, 0.6) is 0 Å². The van der Waals surface area contributed by atoms with Crippen molar-refractivity contribution >= 4 is 5.97 Å². The fourth-order valence-electron chi connectivity index (χ4n) is 3.29. The van der Waals surface area contributed by atoms with E-state index in [0.29, 0.717) is 6.42 Å². The number of fused-ring (bicyclic) bond motifs is 1. The van der Waals surface area contributed by atoms with E-state index in [9.17, 15) is 9.90 Å². The van der Waals surface area contributed by atoms with Gasteiger partial charge in [0, 0.05) is 5.92 Å². The summed E-state index contributed by atoms with van der Waals surface area (Å²) in [5, 5.41) is 9.97. The van der Waals surface area contributed by atoms with Gasteiger partial charge in [-0.1, -0.05) is 49.5 Å². The van der Waals surface area contributed by atoms with Crippen molar-refractivity contribution < 1.29 is 14.6 Å². The van der Waals surface area contributed by atoms with Gasteiger partial charge in [-0.25, -0.2) is 0 Å². The third kappa shape index (κ3) is 5.21. The van der Waals surface area contributed by atoms with E-state index < -0.39 is 6.10 Å². The van der Waals surface area contributed by atoms with Crippen LogP contribution < -0.4 is 0 Å². The molecule has 0 aromatic heterocycles. The maximum Gasteiger partial charge on any atom is 0.310 e. The second kappa shape index (κ2) is 9.51. The molecule has 1 aliphatic heterocycles. The zero-order chi connectivity index (χ0) is 16.5. The Bertz CT molecular complexity index is 487. The minimum Gasteiger partial charge on any atom is -0.457 e. The third-order valence-electron chi connectivity index (χ3n) is 4.49. The zero-order valence-electron chi connectivity index (χ0n) is 13.9. The Kier molecular flexibility index (Phi) is 7.34. The number of hydrogen-bond donors (Lipinski definition) is 1. The summed E-state index contributed by atoms with van der Waals surface area (Å²) in [5.41, 5.74) is 0. The number of aliphatic hydroxyl groups is 1. The lowest BCUT2D eigenvalue weighted by molar-refractivity contribution is -0.143. The molecule has 0 unspecified atom stereocenters. The summed E-state index contributed by atoms with van der Waals surface area (Å²) < 4.78 is 5.36. The minimum atomic E-state index is -0.400. The third-order valence-corrected chi connectivity index (χ3v) is 4.49. The average molecular weight is 316 g/mol. The predicted octanol–water partition coefficient (Wildman–Crippen LogP) is 4.10. The molecule has 1 aliphatic carbocycles. The van der Waals surface area contributed by atoms with Gasteiger partial charge < -0.3 is 9.84 Å². The van der Waals surface area contributed by atoms with E-state index in [2.05, 4.69) is 43.4 Å². The van der Waals surface area contributed by atoms with Crippen LogP contribution in [-0.4, -0.2) is 23.3 Å². The van der Waals surface area contributed by atoms with Gasteiger partial charge in [0.25, 0.3) is 0 Å². The van der Waals surface area contributed by atoms with Gasteiger partial charge in [0.2, 0.25) is 0 Å². The molecule has 2 rings (SSSR count). The van der Waals surface area contributed by atoms with Crippen LogP contribution in [0.4, 0.5) is 0 Å². The SMILES string of the molecule is CC/C=C/C/C=C/C/C=C/C/C=C/[C@@H]1OC(=O)[C@H]2CC[C@H](O)[C@@H]12. The first-order chi connectivity index (χ1) is 11.2. The molecule has 0 aromatic carbocycles. The average Bonchev–Trinajstić information content (AvgIpc) is 3.07. The van der Waals surface area contributed by atoms with E-state index in [1.807, 2.05) is 12.2 Å². The van der Waals surface area contributed by atoms with E-state index in [1.54, 1.807) is 0 Å². The number of rotatable bonds is 8. The van der Waals surface area contributed by atoms with E-state index in [-0.39, 0.29) is 23.9 Å². The number of aliphatic hydroxyl groups excluding tert-OH is 1. The summed E-state index contributed by atoms with van der Waals surface area (Å²) in [6.45, 7) is 2.14. The van der Waals surface area contributed by atoms with Crippen molar-refractivity contribution in [1.29, 1.82) is 0 Å². The standard InChI is InChI=1S/C20H28O3/c1-2-3-4-5-6-7-8-9-10-11-12-13-18-19-16(20(22)23-18)14-15-17(19)21/h3-4,6-7,9-10,12-13,16-19,21H,2,5,8,11,14-15H2,1H3/b4-3+,7-6+,10-9+,13-12+/t16-,17-,18-,19-/m0/s1. The van der Waals surface area contributed by atoms with Gasteiger partial charge in [-0.05, 0) is 44.6 Å². The van der Waals surface area contributed by atoms with Crippen molar-refractivity contribution in [3.63, 3.8) is 0 Å². The number of hydrogen-bond acceptors (Lipinski definition) is 3. The molecule has 1 heterocycles. The lowest BCUT2D eigenvalue weighted by Gasteiger charge is -2.15. The number of allylic oxidation sites excluding steroid dienone is 7. The van der Waals surface area contributed by atoms with Crippen molar-refractivity contribution in [2.45, 2.75) is 57.7 Å². The molecule has 1 saturated heterocycles. The van der Waals surface area contributed by atoms with Crippen molar-refractivity contribution in [3.05, 3.63) is 48.6 Å². The Morgan fingerprint density at radius 2 is 1.61 bits per heavy atom. The van der Waals surface area contributed by atoms with Crippen LogP contribution in [0, 0.1) is 11.8 Å². The Morgan fingerprint density at radius 3 is 2.26 bits per heavy atom. The van der Waals surface area contributed by atoms with E-state index in [1.165, 1.54) is 0 Å². The largest absolute Gasteiger partial charge is 0.457 e. The maximum absolute atomic E-state index is 11.7. The molecule has 3 nitrogen and oxygen atoms in total. The Hall–Kier alpha value is -1.61. The predicted molar refractivity (Wildman–Crippen MR) is 92.8 cm³/mol. The van der Waals surface area contributed by atoms with Gasteiger partial charge in [0.05, 0.1) is 12.0 Å². The monoisotopic (exact) mass is 316 g/mol. The van der Waals surface area contributed by atoms with Crippen LogP contribution in [0.2, 0.25) is 0 Å². The van der Waals surface area contributed by atoms with Crippen LogP contribution in [0.1, 0.15) is 45.4 Å². The molecule has 2 aliphatic rings. The smallest absolute Gasteiger partial charge is 0.310 e. The fourth-order valence-corrected chi connectivity index (χ4v) is 3.29. The molecular weight excluding hydrogens is 288 g/mol. The van der Waals surface area contributed by atoms with Crippen molar-refractivity contribution in [2.24, 2.45) is 11.8 Å². The second-order valence-electron chi connectivity index (χ2n) is 6.19. The molecule has 1 saturated carbocycles. The normalized spacial score (nSPS) is 31.1. The number of esters is 1. The van der Waals surface area contributed by atoms with E-state index in [0.717, 1.165) is 32.1 Å². The summed E-state index contributed by atoms with van der Waals surface area (Å²) in [5.74, 6) is -0.275. The topological polar surface area (TPSA) is 46.5 Å². The first-order valence-electron chi connectivity index (χ1n) is 8.74. The van der Waals surface area contributed by atoms with E-state index >= 15 is 0 Å². The van der Waals surface area contributed by atoms with Gasteiger partial charge in [-0.2, -0.15) is 0 Å². The second-order valence-corrected chi connectivity index (χ2v) is 6.19. The molecule has 0 radical (unpaired) electrons. The highest BCUT2D eigenvalue weighted by atomic mass is 16.6. The van der Waals surface area contributed by atoms with E-state index in [4.69, 9.17) is 4.74 Å². The highest BCUT2D eigenvalue weighted by Gasteiger charge is 2.50. The summed E-state index contributed by atoms with van der Waals surface area (Å²) >= 11 is 0. The fraction of sp³-hybridized carbons (Fsp3) is 0.550. The zero-order valence-corrected chi connectivity index (χ0v) is 13.9. The van der Waals surface area contributed by atoms with Crippen LogP contribution in [0.15, 0.2) is 48.6 Å². The summed E-state index contributed by atoms with van der Waals surface area (Å²) in [7, 11) is 0.